The van der Waals surface area contributed by atoms with E-state index >= 15 is 0 Å². The van der Waals surface area contributed by atoms with Crippen molar-refractivity contribution in [3.8, 4) is 0 Å². The summed E-state index contributed by atoms with van der Waals surface area (Å²) in [4.78, 5) is 11.9. The average molecular weight is 290 g/mol. The molecule has 1 fully saturated rings. The first-order valence-corrected chi connectivity index (χ1v) is 11.0. The number of esters is 1. The van der Waals surface area contributed by atoms with Crippen LogP contribution in [-0.2, 0) is 15.6 Å². The maximum atomic E-state index is 11.9. The summed E-state index contributed by atoms with van der Waals surface area (Å²) in [5, 5.41) is 0. The molecule has 0 spiro atoms. The molecule has 0 saturated carbocycles. The highest BCUT2D eigenvalue weighted by Gasteiger charge is 2.39. The van der Waals surface area contributed by atoms with E-state index in [0.29, 0.717) is 5.92 Å². The van der Waals surface area contributed by atoms with E-state index in [0.717, 1.165) is 18.5 Å². The van der Waals surface area contributed by atoms with Crippen LogP contribution in [0.15, 0.2) is 30.3 Å². The predicted octanol–water partition coefficient (Wildman–Crippen LogP) is 4.06. The van der Waals surface area contributed by atoms with Crippen molar-refractivity contribution in [2.75, 3.05) is 0 Å². The van der Waals surface area contributed by atoms with Crippen LogP contribution in [0.4, 0.5) is 0 Å². The minimum atomic E-state index is -1.38. The van der Waals surface area contributed by atoms with Gasteiger partial charge in [-0.05, 0) is 24.4 Å². The van der Waals surface area contributed by atoms with Crippen molar-refractivity contribution in [3.63, 3.8) is 0 Å². The Balaban J connectivity index is 1.94. The molecular formula is C17H26O2Si. The normalized spacial score (nSPS) is 23.1. The summed E-state index contributed by atoms with van der Waals surface area (Å²) < 4.78 is 5.60. The highest BCUT2D eigenvalue weighted by Crippen LogP contribution is 2.32. The summed E-state index contributed by atoms with van der Waals surface area (Å²) in [5.74, 6) is 0.530. The van der Waals surface area contributed by atoms with Crippen molar-refractivity contribution in [3.05, 3.63) is 35.9 Å². The van der Waals surface area contributed by atoms with Gasteiger partial charge in [0.2, 0.25) is 0 Å². The predicted molar refractivity (Wildman–Crippen MR) is 85.3 cm³/mol. The molecule has 110 valence electrons. The van der Waals surface area contributed by atoms with E-state index in [4.69, 9.17) is 4.74 Å². The fraction of sp³-hybridized carbons (Fsp3) is 0.588. The van der Waals surface area contributed by atoms with Crippen LogP contribution in [0.5, 0.6) is 0 Å². The number of hydrogen-bond acceptors (Lipinski definition) is 2. The van der Waals surface area contributed by atoms with Gasteiger partial charge in [-0.25, -0.2) is 0 Å². The molecule has 2 atom stereocenters. The van der Waals surface area contributed by atoms with Crippen LogP contribution in [0.3, 0.4) is 0 Å². The van der Waals surface area contributed by atoms with Crippen LogP contribution >= 0.6 is 0 Å². The Morgan fingerprint density at radius 2 is 1.90 bits per heavy atom. The molecule has 1 aromatic carbocycles. The van der Waals surface area contributed by atoms with E-state index in [-0.39, 0.29) is 18.0 Å². The van der Waals surface area contributed by atoms with Gasteiger partial charge in [0.15, 0.2) is 0 Å². The molecule has 1 heterocycles. The lowest BCUT2D eigenvalue weighted by Gasteiger charge is -2.25. The Morgan fingerprint density at radius 1 is 1.25 bits per heavy atom. The molecule has 20 heavy (non-hydrogen) atoms. The molecule has 1 aliphatic rings. The average Bonchev–Trinajstić information content (AvgIpc) is 2.70. The molecule has 0 amide bonds. The maximum Gasteiger partial charge on any atom is 0.309 e. The number of ether oxygens (including phenoxy) is 1. The molecule has 0 aliphatic carbocycles. The zero-order chi connectivity index (χ0) is 14.8. The molecule has 0 bridgehead atoms. The van der Waals surface area contributed by atoms with Crippen LogP contribution in [0.1, 0.15) is 25.8 Å². The molecule has 1 aliphatic heterocycles. The molecule has 1 aromatic rings. The van der Waals surface area contributed by atoms with Crippen LogP contribution < -0.4 is 0 Å². The SMILES string of the molecule is CC(C)[C@@H]1C[C@H](C[Si](C)(C)Cc2ccccc2)OC1=O. The van der Waals surface area contributed by atoms with E-state index in [1.807, 2.05) is 0 Å². The number of hydrogen-bond donors (Lipinski definition) is 0. The standard InChI is InChI=1S/C17H26O2Si/c1-13(2)16-10-15(19-17(16)18)12-20(3,4)11-14-8-6-5-7-9-14/h5-9,13,15-16H,10-12H2,1-4H3/t15-,16+/m1/s1. The maximum absolute atomic E-state index is 11.9. The first kappa shape index (κ1) is 15.3. The monoisotopic (exact) mass is 290 g/mol. The van der Waals surface area contributed by atoms with E-state index in [1.165, 1.54) is 5.56 Å². The fourth-order valence-electron chi connectivity index (χ4n) is 3.19. The van der Waals surface area contributed by atoms with Crippen LogP contribution in [0, 0.1) is 11.8 Å². The summed E-state index contributed by atoms with van der Waals surface area (Å²) in [7, 11) is -1.38. The van der Waals surface area contributed by atoms with Crippen molar-refractivity contribution < 1.29 is 9.53 Å². The Kier molecular flexibility index (Phi) is 4.69. The summed E-state index contributed by atoms with van der Waals surface area (Å²) in [6.07, 6.45) is 1.07. The number of benzene rings is 1. The number of rotatable bonds is 5. The van der Waals surface area contributed by atoms with Gasteiger partial charge in [-0.1, -0.05) is 62.8 Å². The topological polar surface area (TPSA) is 26.3 Å². The molecular weight excluding hydrogens is 264 g/mol. The number of cyclic esters (lactones) is 1. The molecule has 0 N–H and O–H groups in total. The van der Waals surface area contributed by atoms with Gasteiger partial charge in [0.25, 0.3) is 0 Å². The lowest BCUT2D eigenvalue weighted by atomic mass is 9.93. The number of carbonyl (C=O) groups excluding carboxylic acids is 1. The van der Waals surface area contributed by atoms with E-state index in [1.54, 1.807) is 0 Å². The molecule has 1 saturated heterocycles. The lowest BCUT2D eigenvalue weighted by molar-refractivity contribution is -0.144. The second-order valence-corrected chi connectivity index (χ2v) is 12.3. The zero-order valence-corrected chi connectivity index (χ0v) is 14.1. The van der Waals surface area contributed by atoms with Crippen LogP contribution in [0.2, 0.25) is 19.1 Å². The second-order valence-electron chi connectivity index (χ2n) is 7.18. The third-order valence-electron chi connectivity index (χ3n) is 4.21. The Bertz CT molecular complexity index is 453. The van der Waals surface area contributed by atoms with E-state index < -0.39 is 8.07 Å². The first-order valence-electron chi connectivity index (χ1n) is 7.62. The fourth-order valence-corrected chi connectivity index (χ4v) is 6.15. The van der Waals surface area contributed by atoms with Gasteiger partial charge in [-0.2, -0.15) is 0 Å². The van der Waals surface area contributed by atoms with Gasteiger partial charge < -0.3 is 4.74 Å². The molecule has 0 aromatic heterocycles. The highest BCUT2D eigenvalue weighted by molar-refractivity contribution is 6.77. The first-order chi connectivity index (χ1) is 9.37. The van der Waals surface area contributed by atoms with Gasteiger partial charge in [0.05, 0.1) is 14.0 Å². The van der Waals surface area contributed by atoms with Gasteiger partial charge in [0.1, 0.15) is 6.10 Å². The van der Waals surface area contributed by atoms with Crippen molar-refractivity contribution >= 4 is 14.0 Å². The van der Waals surface area contributed by atoms with Gasteiger partial charge in [-0.15, -0.1) is 0 Å². The molecule has 2 nitrogen and oxygen atoms in total. The Morgan fingerprint density at radius 3 is 2.45 bits per heavy atom. The molecule has 3 heteroatoms. The summed E-state index contributed by atoms with van der Waals surface area (Å²) in [6, 6.07) is 12.9. The van der Waals surface area contributed by atoms with Crippen molar-refractivity contribution in [1.29, 1.82) is 0 Å². The second kappa shape index (κ2) is 6.13. The van der Waals surface area contributed by atoms with Crippen LogP contribution in [-0.4, -0.2) is 20.1 Å². The zero-order valence-electron chi connectivity index (χ0n) is 13.1. The summed E-state index contributed by atoms with van der Waals surface area (Å²) in [6.45, 7) is 9.02. The van der Waals surface area contributed by atoms with Crippen molar-refractivity contribution in [2.24, 2.45) is 11.8 Å². The molecule has 0 unspecified atom stereocenters. The van der Waals surface area contributed by atoms with Crippen LogP contribution in [0.25, 0.3) is 0 Å². The summed E-state index contributed by atoms with van der Waals surface area (Å²) >= 11 is 0. The summed E-state index contributed by atoms with van der Waals surface area (Å²) in [5.41, 5.74) is 1.41. The van der Waals surface area contributed by atoms with Gasteiger partial charge in [0, 0.05) is 0 Å². The van der Waals surface area contributed by atoms with E-state index in [2.05, 4.69) is 57.3 Å². The molecule has 0 radical (unpaired) electrons. The van der Waals surface area contributed by atoms with E-state index in [9.17, 15) is 4.79 Å². The smallest absolute Gasteiger partial charge is 0.309 e. The third kappa shape index (κ3) is 3.95. The number of carbonyl (C=O) groups is 1. The molecule has 2 rings (SSSR count). The lowest BCUT2D eigenvalue weighted by Crippen LogP contribution is -2.34. The minimum absolute atomic E-state index is 0.0227. The van der Waals surface area contributed by atoms with Gasteiger partial charge >= 0.3 is 5.97 Å². The minimum Gasteiger partial charge on any atom is -0.462 e. The quantitative estimate of drug-likeness (QED) is 0.604. The largest absolute Gasteiger partial charge is 0.462 e. The Hall–Kier alpha value is -1.09. The van der Waals surface area contributed by atoms with Gasteiger partial charge in [-0.3, -0.25) is 4.79 Å². The third-order valence-corrected chi connectivity index (χ3v) is 7.14. The Labute approximate surface area is 123 Å². The van der Waals surface area contributed by atoms with Crippen molar-refractivity contribution in [1.82, 2.24) is 0 Å². The van der Waals surface area contributed by atoms with Crippen molar-refractivity contribution in [2.45, 2.75) is 51.6 Å². The highest BCUT2D eigenvalue weighted by atomic mass is 28.3.